The van der Waals surface area contributed by atoms with Crippen LogP contribution in [0.2, 0.25) is 11.4 Å². The molecule has 0 amide bonds. The Morgan fingerprint density at radius 1 is 1.38 bits per heavy atom. The summed E-state index contributed by atoms with van der Waals surface area (Å²) in [5.74, 6) is 0.708. The molecule has 0 bridgehead atoms. The molecule has 0 heterocycles. The molecule has 0 spiro atoms. The number of hydrogen-bond donors (Lipinski definition) is 0. The Morgan fingerprint density at radius 2 is 2.08 bits per heavy atom. The summed E-state index contributed by atoms with van der Waals surface area (Å²) in [6, 6.07) is 0. The molecule has 0 aliphatic carbocycles. The van der Waals surface area contributed by atoms with Crippen LogP contribution in [0, 0.1) is 0 Å². The fourth-order valence-electron chi connectivity index (χ4n) is 0.584. The molecule has 0 fully saturated rings. The monoisotopic (exact) mass is 268 g/mol. The molecule has 0 radical (unpaired) electrons. The molecular formula is C7H13AsO4S. The minimum absolute atomic E-state index is 0.150. The van der Waals surface area contributed by atoms with E-state index in [0.29, 0.717) is 18.7 Å². The van der Waals surface area contributed by atoms with Crippen LogP contribution in [0.4, 0.5) is 0 Å². The van der Waals surface area contributed by atoms with Crippen LogP contribution in [0.1, 0.15) is 0 Å². The first-order valence-electron chi connectivity index (χ1n) is 3.65. The molecule has 0 rings (SSSR count). The second kappa shape index (κ2) is 8.45. The molecule has 0 aromatic heterocycles. The SMILES string of the molecule is C[As](C)SCC(COC=O)OC=O. The molecule has 1 atom stereocenters. The summed E-state index contributed by atoms with van der Waals surface area (Å²) in [6.45, 7) is 0.902. The van der Waals surface area contributed by atoms with Crippen molar-refractivity contribution in [1.82, 2.24) is 0 Å². The summed E-state index contributed by atoms with van der Waals surface area (Å²) in [4.78, 5) is 19.9. The molecule has 13 heavy (non-hydrogen) atoms. The third kappa shape index (κ3) is 8.19. The van der Waals surface area contributed by atoms with E-state index in [2.05, 4.69) is 16.2 Å². The van der Waals surface area contributed by atoms with Gasteiger partial charge in [0.1, 0.15) is 0 Å². The van der Waals surface area contributed by atoms with Gasteiger partial charge in [-0.1, -0.05) is 0 Å². The third-order valence-corrected chi connectivity index (χ3v) is 6.34. The second-order valence-electron chi connectivity index (χ2n) is 2.39. The van der Waals surface area contributed by atoms with Crippen molar-refractivity contribution in [2.45, 2.75) is 17.5 Å². The van der Waals surface area contributed by atoms with E-state index in [1.807, 2.05) is 0 Å². The number of ether oxygens (including phenoxy) is 2. The zero-order valence-electron chi connectivity index (χ0n) is 7.63. The number of carbonyl (C=O) groups excluding carboxylic acids is 2. The van der Waals surface area contributed by atoms with Crippen LogP contribution in [0.25, 0.3) is 0 Å². The quantitative estimate of drug-likeness (QED) is 0.479. The van der Waals surface area contributed by atoms with Gasteiger partial charge in [0.2, 0.25) is 0 Å². The van der Waals surface area contributed by atoms with Crippen LogP contribution in [0.5, 0.6) is 0 Å². The molecule has 0 aliphatic heterocycles. The first kappa shape index (κ1) is 12.8. The van der Waals surface area contributed by atoms with Gasteiger partial charge in [0, 0.05) is 0 Å². The molecule has 0 aromatic carbocycles. The van der Waals surface area contributed by atoms with E-state index in [4.69, 9.17) is 4.74 Å². The molecule has 0 saturated heterocycles. The van der Waals surface area contributed by atoms with E-state index < -0.39 is 13.5 Å². The Labute approximate surface area is 85.6 Å². The number of rotatable bonds is 8. The summed E-state index contributed by atoms with van der Waals surface area (Å²) < 4.78 is 9.25. The average molecular weight is 268 g/mol. The van der Waals surface area contributed by atoms with E-state index in [9.17, 15) is 9.59 Å². The second-order valence-corrected chi connectivity index (χ2v) is 11.8. The summed E-state index contributed by atoms with van der Waals surface area (Å²) in [7, 11) is 1.80. The third-order valence-electron chi connectivity index (χ3n) is 1.12. The van der Waals surface area contributed by atoms with Crippen LogP contribution >= 0.6 is 10.0 Å². The van der Waals surface area contributed by atoms with Gasteiger partial charge in [-0.05, 0) is 0 Å². The normalized spacial score (nSPS) is 12.2. The summed E-state index contributed by atoms with van der Waals surface area (Å²) in [5.41, 5.74) is 4.38. The molecule has 0 aliphatic rings. The molecule has 0 saturated carbocycles. The van der Waals surface area contributed by atoms with Gasteiger partial charge in [0.05, 0.1) is 0 Å². The molecule has 0 aromatic rings. The summed E-state index contributed by atoms with van der Waals surface area (Å²) in [5, 5.41) is 0. The molecule has 6 heteroatoms. The Bertz CT molecular complexity index is 153. The van der Waals surface area contributed by atoms with Gasteiger partial charge in [-0.25, -0.2) is 0 Å². The Kier molecular flexibility index (Phi) is 8.35. The van der Waals surface area contributed by atoms with E-state index in [1.165, 1.54) is 0 Å². The first-order chi connectivity index (χ1) is 6.20. The van der Waals surface area contributed by atoms with Gasteiger partial charge in [-0.2, -0.15) is 0 Å². The van der Waals surface area contributed by atoms with Gasteiger partial charge in [0.15, 0.2) is 0 Å². The van der Waals surface area contributed by atoms with E-state index in [-0.39, 0.29) is 12.7 Å². The van der Waals surface area contributed by atoms with Crippen LogP contribution in [0.15, 0.2) is 0 Å². The van der Waals surface area contributed by atoms with Crippen LogP contribution in [-0.4, -0.2) is 44.9 Å². The van der Waals surface area contributed by atoms with Crippen LogP contribution < -0.4 is 0 Å². The Balaban J connectivity index is 3.65. The number of carbonyl (C=O) groups is 2. The Hall–Kier alpha value is -0.152. The average Bonchev–Trinajstić information content (AvgIpc) is 2.09. The topological polar surface area (TPSA) is 52.6 Å². The van der Waals surface area contributed by atoms with Gasteiger partial charge in [0.25, 0.3) is 0 Å². The predicted octanol–water partition coefficient (Wildman–Crippen LogP) is 0.685. The van der Waals surface area contributed by atoms with Crippen LogP contribution in [0.3, 0.4) is 0 Å². The van der Waals surface area contributed by atoms with Crippen LogP contribution in [-0.2, 0) is 19.1 Å². The maximum atomic E-state index is 10.1. The number of hydrogen-bond acceptors (Lipinski definition) is 5. The van der Waals surface area contributed by atoms with Crippen molar-refractivity contribution in [3.05, 3.63) is 0 Å². The molecular weight excluding hydrogens is 255 g/mol. The van der Waals surface area contributed by atoms with Gasteiger partial charge in [-0.3, -0.25) is 0 Å². The zero-order valence-corrected chi connectivity index (χ0v) is 10.3. The predicted molar refractivity (Wildman–Crippen MR) is 52.9 cm³/mol. The van der Waals surface area contributed by atoms with Crippen molar-refractivity contribution in [2.24, 2.45) is 0 Å². The molecule has 1 unspecified atom stereocenters. The minimum atomic E-state index is -0.767. The van der Waals surface area contributed by atoms with E-state index in [1.54, 1.807) is 10.0 Å². The van der Waals surface area contributed by atoms with Crippen molar-refractivity contribution >= 4 is 36.5 Å². The van der Waals surface area contributed by atoms with Crippen molar-refractivity contribution in [3.8, 4) is 0 Å². The fourth-order valence-corrected chi connectivity index (χ4v) is 4.15. The van der Waals surface area contributed by atoms with Gasteiger partial charge >= 0.3 is 85.4 Å². The van der Waals surface area contributed by atoms with Gasteiger partial charge < -0.3 is 0 Å². The zero-order chi connectivity index (χ0) is 10.1. The maximum absolute atomic E-state index is 10.1. The first-order valence-corrected chi connectivity index (χ1v) is 10.6. The Morgan fingerprint density at radius 3 is 2.54 bits per heavy atom. The van der Waals surface area contributed by atoms with E-state index >= 15 is 0 Å². The molecule has 76 valence electrons. The van der Waals surface area contributed by atoms with Crippen molar-refractivity contribution in [1.29, 1.82) is 0 Å². The molecule has 0 N–H and O–H groups in total. The summed E-state index contributed by atoms with van der Waals surface area (Å²) >= 11 is -0.767. The van der Waals surface area contributed by atoms with Gasteiger partial charge in [-0.15, -0.1) is 0 Å². The fraction of sp³-hybridized carbons (Fsp3) is 0.714. The van der Waals surface area contributed by atoms with Crippen molar-refractivity contribution < 1.29 is 19.1 Å². The van der Waals surface area contributed by atoms with Crippen molar-refractivity contribution in [2.75, 3.05) is 12.4 Å². The summed E-state index contributed by atoms with van der Waals surface area (Å²) in [6.07, 6.45) is -0.301. The standard InChI is InChI=1S/C7H13AsO4S/c1-8(2)13-4-7(12-6-10)3-11-5-9/h5-7H,3-4H2,1-2H3. The van der Waals surface area contributed by atoms with Crippen molar-refractivity contribution in [3.63, 3.8) is 0 Å². The van der Waals surface area contributed by atoms with E-state index in [0.717, 1.165) is 0 Å². The molecule has 4 nitrogen and oxygen atoms in total.